The van der Waals surface area contributed by atoms with Gasteiger partial charge < -0.3 is 4.84 Å². The van der Waals surface area contributed by atoms with Crippen molar-refractivity contribution in [1.29, 1.82) is 0 Å². The minimum Gasteiger partial charge on any atom is -0.390 e. The van der Waals surface area contributed by atoms with Crippen molar-refractivity contribution in [2.75, 3.05) is 0 Å². The molecule has 2 nitrogen and oxygen atoms in total. The van der Waals surface area contributed by atoms with Gasteiger partial charge in [-0.2, -0.15) is 0 Å². The van der Waals surface area contributed by atoms with E-state index >= 15 is 0 Å². The van der Waals surface area contributed by atoms with Crippen LogP contribution in [-0.2, 0) is 17.9 Å². The van der Waals surface area contributed by atoms with Gasteiger partial charge in [0.1, 0.15) is 12.8 Å². The van der Waals surface area contributed by atoms with Crippen LogP contribution in [0.25, 0.3) is 0 Å². The largest absolute Gasteiger partial charge is 0.390 e. The van der Waals surface area contributed by atoms with Crippen LogP contribution in [0, 0.1) is 6.92 Å². The molecule has 97 valence electrons. The minimum atomic E-state index is 0.479. The van der Waals surface area contributed by atoms with Gasteiger partial charge in [-0.3, -0.25) is 0 Å². The van der Waals surface area contributed by atoms with Crippen LogP contribution < -0.4 is 0 Å². The van der Waals surface area contributed by atoms with E-state index in [2.05, 4.69) is 30.4 Å². The van der Waals surface area contributed by atoms with Crippen LogP contribution in [0.15, 0.2) is 53.7 Å². The Bertz CT molecular complexity index is 561. The molecule has 0 aliphatic rings. The number of benzene rings is 2. The summed E-state index contributed by atoms with van der Waals surface area (Å²) in [7, 11) is 0. The van der Waals surface area contributed by atoms with Crippen LogP contribution in [0.1, 0.15) is 29.2 Å². The lowest BCUT2D eigenvalue weighted by molar-refractivity contribution is 0.132. The second-order valence-corrected chi connectivity index (χ2v) is 4.46. The highest BCUT2D eigenvalue weighted by Crippen LogP contribution is 2.08. The van der Waals surface area contributed by atoms with Crippen molar-refractivity contribution >= 4 is 6.21 Å². The van der Waals surface area contributed by atoms with Crippen LogP contribution in [0.3, 0.4) is 0 Å². The number of nitrogens with zero attached hydrogens (tertiary/aromatic N) is 1. The fourth-order valence-corrected chi connectivity index (χ4v) is 1.83. The molecule has 0 unspecified atom stereocenters. The summed E-state index contributed by atoms with van der Waals surface area (Å²) in [6, 6.07) is 16.3. The van der Waals surface area contributed by atoms with Crippen molar-refractivity contribution in [3.8, 4) is 0 Å². The lowest BCUT2D eigenvalue weighted by Gasteiger charge is -2.02. The van der Waals surface area contributed by atoms with E-state index in [-0.39, 0.29) is 0 Å². The summed E-state index contributed by atoms with van der Waals surface area (Å²) in [5, 5.41) is 3.90. The summed E-state index contributed by atoms with van der Waals surface area (Å²) in [6.45, 7) is 4.65. The lowest BCUT2D eigenvalue weighted by Crippen LogP contribution is -1.91. The summed E-state index contributed by atoms with van der Waals surface area (Å²) in [5.74, 6) is 0. The third kappa shape index (κ3) is 3.95. The van der Waals surface area contributed by atoms with Crippen LogP contribution in [0.4, 0.5) is 0 Å². The predicted molar refractivity (Wildman–Crippen MR) is 78.3 cm³/mol. The molecular formula is C17H18NO. The van der Waals surface area contributed by atoms with Crippen molar-refractivity contribution in [2.24, 2.45) is 5.16 Å². The van der Waals surface area contributed by atoms with Crippen LogP contribution in [0.2, 0.25) is 0 Å². The van der Waals surface area contributed by atoms with Gasteiger partial charge >= 0.3 is 0 Å². The fourth-order valence-electron chi connectivity index (χ4n) is 1.83. The average molecular weight is 252 g/mol. The van der Waals surface area contributed by atoms with Crippen molar-refractivity contribution in [2.45, 2.75) is 26.9 Å². The van der Waals surface area contributed by atoms with E-state index in [4.69, 9.17) is 4.84 Å². The fraction of sp³-hybridized carbons (Fsp3) is 0.235. The van der Waals surface area contributed by atoms with Gasteiger partial charge in [-0.15, -0.1) is 0 Å². The standard InChI is InChI=1S/C17H18NO/c1-3-15-8-6-9-16(11-15)13-19-18-12-17-10-5-4-7-14(17)2/h4-11H,3,13H2,1-2H3. The van der Waals surface area contributed by atoms with Gasteiger partial charge in [0.05, 0.1) is 0 Å². The predicted octanol–water partition coefficient (Wildman–Crippen LogP) is 3.99. The van der Waals surface area contributed by atoms with E-state index in [0.29, 0.717) is 6.61 Å². The molecule has 0 fully saturated rings. The van der Waals surface area contributed by atoms with Gasteiger partial charge in [-0.05, 0) is 30.0 Å². The molecule has 0 aromatic heterocycles. The van der Waals surface area contributed by atoms with E-state index in [1.54, 1.807) is 0 Å². The Hall–Kier alpha value is -2.09. The maximum atomic E-state index is 5.29. The van der Waals surface area contributed by atoms with Crippen molar-refractivity contribution < 1.29 is 4.84 Å². The van der Waals surface area contributed by atoms with E-state index in [9.17, 15) is 0 Å². The average Bonchev–Trinajstić information content (AvgIpc) is 2.45. The Kier molecular flexibility index (Phi) is 4.73. The molecule has 2 rings (SSSR count). The van der Waals surface area contributed by atoms with Crippen LogP contribution in [-0.4, -0.2) is 6.21 Å². The quantitative estimate of drug-likeness (QED) is 0.582. The molecule has 0 aliphatic carbocycles. The third-order valence-corrected chi connectivity index (χ3v) is 3.01. The number of hydrogen-bond donors (Lipinski definition) is 0. The molecule has 0 amide bonds. The topological polar surface area (TPSA) is 21.6 Å². The van der Waals surface area contributed by atoms with Crippen LogP contribution >= 0.6 is 0 Å². The number of aryl methyl sites for hydroxylation is 2. The third-order valence-electron chi connectivity index (χ3n) is 3.01. The van der Waals surface area contributed by atoms with Gasteiger partial charge in [0.2, 0.25) is 0 Å². The summed E-state index contributed by atoms with van der Waals surface area (Å²) < 4.78 is 0. The summed E-state index contributed by atoms with van der Waals surface area (Å²) in [6.07, 6.45) is 3.95. The second-order valence-electron chi connectivity index (χ2n) is 4.46. The molecule has 2 aromatic rings. The molecule has 0 aliphatic heterocycles. The van der Waals surface area contributed by atoms with Crippen LogP contribution in [0.5, 0.6) is 0 Å². The van der Waals surface area contributed by atoms with Gasteiger partial charge in [0, 0.05) is 5.56 Å². The normalized spacial score (nSPS) is 10.8. The van der Waals surface area contributed by atoms with E-state index in [1.165, 1.54) is 5.56 Å². The van der Waals surface area contributed by atoms with Crippen molar-refractivity contribution in [3.63, 3.8) is 0 Å². The molecule has 0 saturated carbocycles. The molecule has 2 heteroatoms. The molecular weight excluding hydrogens is 234 g/mol. The molecule has 0 spiro atoms. The number of rotatable bonds is 5. The molecule has 0 bridgehead atoms. The Morgan fingerprint density at radius 2 is 1.84 bits per heavy atom. The minimum absolute atomic E-state index is 0.479. The van der Waals surface area contributed by atoms with Gasteiger partial charge in [0.25, 0.3) is 0 Å². The van der Waals surface area contributed by atoms with Gasteiger partial charge in [0.15, 0.2) is 0 Å². The molecule has 0 N–H and O–H groups in total. The molecule has 2 aromatic carbocycles. The molecule has 1 radical (unpaired) electrons. The van der Waals surface area contributed by atoms with Gasteiger partial charge in [-0.25, -0.2) is 0 Å². The van der Waals surface area contributed by atoms with E-state index in [1.807, 2.05) is 43.3 Å². The smallest absolute Gasteiger partial charge is 0.142 e. The number of hydrogen-bond acceptors (Lipinski definition) is 2. The molecule has 0 saturated heterocycles. The monoisotopic (exact) mass is 252 g/mol. The maximum absolute atomic E-state index is 5.29. The lowest BCUT2D eigenvalue weighted by atomic mass is 10.1. The Balaban J connectivity index is 1.91. The zero-order valence-electron chi connectivity index (χ0n) is 11.4. The van der Waals surface area contributed by atoms with Crippen molar-refractivity contribution in [1.82, 2.24) is 0 Å². The molecule has 0 heterocycles. The highest BCUT2D eigenvalue weighted by molar-refractivity contribution is 5.81. The summed E-state index contributed by atoms with van der Waals surface area (Å²) >= 11 is 0. The summed E-state index contributed by atoms with van der Waals surface area (Å²) in [5.41, 5.74) is 4.55. The first-order valence-corrected chi connectivity index (χ1v) is 6.51. The van der Waals surface area contributed by atoms with Gasteiger partial charge in [-0.1, -0.05) is 60.6 Å². The van der Waals surface area contributed by atoms with E-state index < -0.39 is 0 Å². The Labute approximate surface area is 114 Å². The molecule has 19 heavy (non-hydrogen) atoms. The van der Waals surface area contributed by atoms with E-state index in [0.717, 1.165) is 23.1 Å². The SMILES string of the molecule is CCc1cccc(CO/N=[C]\c2ccccc2C)c1. The first kappa shape index (κ1) is 13.3. The Morgan fingerprint density at radius 1 is 1.05 bits per heavy atom. The highest BCUT2D eigenvalue weighted by Gasteiger charge is 1.96. The Morgan fingerprint density at radius 3 is 2.63 bits per heavy atom. The first-order chi connectivity index (χ1) is 9.29. The first-order valence-electron chi connectivity index (χ1n) is 6.51. The zero-order chi connectivity index (χ0) is 13.5. The second kappa shape index (κ2) is 6.74. The molecule has 0 atom stereocenters. The van der Waals surface area contributed by atoms with Crippen molar-refractivity contribution in [3.05, 3.63) is 70.8 Å². The zero-order valence-corrected chi connectivity index (χ0v) is 11.4. The highest BCUT2D eigenvalue weighted by atomic mass is 16.6. The summed E-state index contributed by atoms with van der Waals surface area (Å²) in [4.78, 5) is 5.29. The maximum Gasteiger partial charge on any atom is 0.142 e.